The highest BCUT2D eigenvalue weighted by Crippen LogP contribution is 2.08. The van der Waals surface area contributed by atoms with Crippen molar-refractivity contribution in [1.29, 1.82) is 5.26 Å². The Balaban J connectivity index is 2.53. The molecule has 1 aliphatic heterocycles. The van der Waals surface area contributed by atoms with E-state index in [0.717, 1.165) is 6.54 Å². The highest BCUT2D eigenvalue weighted by molar-refractivity contribution is 5.94. The minimum Gasteiger partial charge on any atom is -0.314 e. The lowest BCUT2D eigenvalue weighted by atomic mass is 10.1. The Morgan fingerprint density at radius 2 is 2.47 bits per heavy atom. The number of rotatable bonds is 4. The van der Waals surface area contributed by atoms with Crippen molar-refractivity contribution in [3.05, 3.63) is 12.4 Å². The summed E-state index contributed by atoms with van der Waals surface area (Å²) in [6.45, 7) is 5.07. The Morgan fingerprint density at radius 3 is 3.07 bits per heavy atom. The summed E-state index contributed by atoms with van der Waals surface area (Å²) < 4.78 is 12.5. The fraction of sp³-hybridized carbons (Fsp3) is 0.600. The Morgan fingerprint density at radius 1 is 1.73 bits per heavy atom. The predicted molar refractivity (Wildman–Crippen MR) is 53.7 cm³/mol. The van der Waals surface area contributed by atoms with Crippen molar-refractivity contribution in [3.63, 3.8) is 0 Å². The van der Waals surface area contributed by atoms with E-state index in [4.69, 9.17) is 5.26 Å². The lowest BCUT2D eigenvalue weighted by molar-refractivity contribution is -0.118. The number of hydrogen-bond acceptors (Lipinski definition) is 4. The molecule has 1 unspecified atom stereocenters. The van der Waals surface area contributed by atoms with Gasteiger partial charge in [0.25, 0.3) is 0 Å². The van der Waals surface area contributed by atoms with Gasteiger partial charge in [0.2, 0.25) is 5.78 Å². The SMILES string of the molecule is C=C(F)C(=O)CN1CCNCC1CC#N. The molecule has 15 heavy (non-hydrogen) atoms. The molecular formula is C10H14FN3O. The molecule has 5 heteroatoms. The van der Waals surface area contributed by atoms with Gasteiger partial charge in [-0.05, 0) is 0 Å². The van der Waals surface area contributed by atoms with Crippen molar-refractivity contribution in [3.8, 4) is 6.07 Å². The molecule has 0 aromatic rings. The normalized spacial score (nSPS) is 22.0. The number of hydrogen-bond donors (Lipinski definition) is 1. The second kappa shape index (κ2) is 5.59. The molecule has 1 N–H and O–H groups in total. The number of nitriles is 1. The van der Waals surface area contributed by atoms with Gasteiger partial charge in [0.15, 0.2) is 5.83 Å². The fourth-order valence-electron chi connectivity index (χ4n) is 1.59. The molecule has 0 spiro atoms. The van der Waals surface area contributed by atoms with Crippen LogP contribution < -0.4 is 5.32 Å². The second-order valence-electron chi connectivity index (χ2n) is 3.52. The molecule has 82 valence electrons. The molecule has 0 radical (unpaired) electrons. The van der Waals surface area contributed by atoms with Crippen LogP contribution in [-0.2, 0) is 4.79 Å². The summed E-state index contributed by atoms with van der Waals surface area (Å²) in [4.78, 5) is 13.0. The topological polar surface area (TPSA) is 56.1 Å². The maximum atomic E-state index is 12.5. The van der Waals surface area contributed by atoms with E-state index in [-0.39, 0.29) is 12.6 Å². The van der Waals surface area contributed by atoms with E-state index in [1.807, 2.05) is 4.90 Å². The Kier molecular flexibility index (Phi) is 4.40. The monoisotopic (exact) mass is 211 g/mol. The minimum absolute atomic E-state index is 0.00736. The summed E-state index contributed by atoms with van der Waals surface area (Å²) >= 11 is 0. The molecule has 0 aromatic carbocycles. The van der Waals surface area contributed by atoms with Crippen LogP contribution in [-0.4, -0.2) is 42.9 Å². The van der Waals surface area contributed by atoms with Crippen LogP contribution in [0.25, 0.3) is 0 Å². The van der Waals surface area contributed by atoms with Gasteiger partial charge in [0.05, 0.1) is 19.0 Å². The number of Topliss-reactive ketones (excluding diaryl/α,β-unsaturated/α-hetero) is 1. The summed E-state index contributed by atoms with van der Waals surface area (Å²) in [6.07, 6.45) is 0.346. The maximum absolute atomic E-state index is 12.5. The van der Waals surface area contributed by atoms with E-state index in [1.54, 1.807) is 0 Å². The van der Waals surface area contributed by atoms with Gasteiger partial charge in [0, 0.05) is 25.7 Å². The zero-order chi connectivity index (χ0) is 11.3. The van der Waals surface area contributed by atoms with E-state index in [9.17, 15) is 9.18 Å². The van der Waals surface area contributed by atoms with Crippen molar-refractivity contribution in [1.82, 2.24) is 10.2 Å². The van der Waals surface area contributed by atoms with Crippen molar-refractivity contribution in [2.45, 2.75) is 12.5 Å². The molecule has 0 aliphatic carbocycles. The smallest absolute Gasteiger partial charge is 0.204 e. The number of nitrogens with zero attached hydrogens (tertiary/aromatic N) is 2. The largest absolute Gasteiger partial charge is 0.314 e. The van der Waals surface area contributed by atoms with Crippen molar-refractivity contribution in [2.75, 3.05) is 26.2 Å². The lowest BCUT2D eigenvalue weighted by Crippen LogP contribution is -2.52. The molecule has 1 heterocycles. The standard InChI is InChI=1S/C10H14FN3O/c1-8(11)10(15)7-14-5-4-13-6-9(14)2-3-12/h9,13H,1-2,4-7H2. The van der Waals surface area contributed by atoms with Crippen LogP contribution in [0.1, 0.15) is 6.42 Å². The zero-order valence-corrected chi connectivity index (χ0v) is 8.50. The highest BCUT2D eigenvalue weighted by atomic mass is 19.1. The van der Waals surface area contributed by atoms with E-state index >= 15 is 0 Å². The fourth-order valence-corrected chi connectivity index (χ4v) is 1.59. The molecular weight excluding hydrogens is 197 g/mol. The Labute approximate surface area is 88.4 Å². The third-order valence-electron chi connectivity index (χ3n) is 2.45. The van der Waals surface area contributed by atoms with Crippen LogP contribution >= 0.6 is 0 Å². The third kappa shape index (κ3) is 3.42. The minimum atomic E-state index is -0.913. The van der Waals surface area contributed by atoms with E-state index in [1.165, 1.54) is 0 Å². The van der Waals surface area contributed by atoms with Crippen LogP contribution in [0.3, 0.4) is 0 Å². The first kappa shape index (κ1) is 11.8. The molecule has 1 saturated heterocycles. The van der Waals surface area contributed by atoms with Gasteiger partial charge in [0.1, 0.15) is 0 Å². The summed E-state index contributed by atoms with van der Waals surface area (Å²) in [7, 11) is 0. The second-order valence-corrected chi connectivity index (χ2v) is 3.52. The molecule has 1 atom stereocenters. The average Bonchev–Trinajstić information content (AvgIpc) is 2.21. The predicted octanol–water partition coefficient (Wildman–Crippen LogP) is 0.226. The maximum Gasteiger partial charge on any atom is 0.204 e. The number of nitrogens with one attached hydrogen (secondary N) is 1. The Bertz CT molecular complexity index is 298. The van der Waals surface area contributed by atoms with Gasteiger partial charge < -0.3 is 5.32 Å². The van der Waals surface area contributed by atoms with Gasteiger partial charge in [-0.25, -0.2) is 4.39 Å². The molecule has 0 bridgehead atoms. The van der Waals surface area contributed by atoms with Crippen LogP contribution in [0, 0.1) is 11.3 Å². The van der Waals surface area contributed by atoms with Crippen LogP contribution in [0.5, 0.6) is 0 Å². The molecule has 4 nitrogen and oxygen atoms in total. The van der Waals surface area contributed by atoms with Gasteiger partial charge in [-0.1, -0.05) is 6.58 Å². The van der Waals surface area contributed by atoms with Crippen LogP contribution in [0.4, 0.5) is 4.39 Å². The molecule has 0 aromatic heterocycles. The van der Waals surface area contributed by atoms with Crippen molar-refractivity contribution >= 4 is 5.78 Å². The number of carbonyl (C=O) groups is 1. The third-order valence-corrected chi connectivity index (χ3v) is 2.45. The molecule has 1 rings (SSSR count). The molecule has 0 saturated carbocycles. The van der Waals surface area contributed by atoms with Gasteiger partial charge >= 0.3 is 0 Å². The molecule has 1 aliphatic rings. The molecule has 0 amide bonds. The summed E-state index contributed by atoms with van der Waals surface area (Å²) in [5.74, 6) is -1.51. The highest BCUT2D eigenvalue weighted by Gasteiger charge is 2.24. The van der Waals surface area contributed by atoms with Gasteiger partial charge in [-0.2, -0.15) is 5.26 Å². The van der Waals surface area contributed by atoms with Gasteiger partial charge in [-0.15, -0.1) is 0 Å². The zero-order valence-electron chi connectivity index (χ0n) is 8.50. The van der Waals surface area contributed by atoms with E-state index in [0.29, 0.717) is 19.5 Å². The average molecular weight is 211 g/mol. The first-order valence-electron chi connectivity index (χ1n) is 4.84. The Hall–Kier alpha value is -1.25. The number of ketones is 1. The number of carbonyl (C=O) groups excluding carboxylic acids is 1. The van der Waals surface area contributed by atoms with Gasteiger partial charge in [-0.3, -0.25) is 9.69 Å². The first-order valence-corrected chi connectivity index (χ1v) is 4.84. The van der Waals surface area contributed by atoms with E-state index < -0.39 is 11.6 Å². The first-order chi connectivity index (χ1) is 7.15. The summed E-state index contributed by atoms with van der Waals surface area (Å²) in [5, 5.41) is 11.7. The summed E-state index contributed by atoms with van der Waals surface area (Å²) in [5.41, 5.74) is 0. The number of halogens is 1. The van der Waals surface area contributed by atoms with Crippen LogP contribution in [0.15, 0.2) is 12.4 Å². The quantitative estimate of drug-likeness (QED) is 0.676. The van der Waals surface area contributed by atoms with Crippen molar-refractivity contribution in [2.24, 2.45) is 0 Å². The lowest BCUT2D eigenvalue weighted by Gasteiger charge is -2.34. The van der Waals surface area contributed by atoms with Crippen molar-refractivity contribution < 1.29 is 9.18 Å². The van der Waals surface area contributed by atoms with Crippen LogP contribution in [0.2, 0.25) is 0 Å². The summed E-state index contributed by atoms with van der Waals surface area (Å²) in [6, 6.07) is 2.05. The number of piperazine rings is 1. The molecule has 1 fully saturated rings. The van der Waals surface area contributed by atoms with E-state index in [2.05, 4.69) is 18.0 Å².